The van der Waals surface area contributed by atoms with E-state index < -0.39 is 67.4 Å². The molecule has 0 bridgehead atoms. The molecule has 0 atom stereocenters. The molecule has 17 heteroatoms. The number of hydrogen-bond donors (Lipinski definition) is 1. The van der Waals surface area contributed by atoms with Crippen LogP contribution >= 0.6 is 11.6 Å². The summed E-state index contributed by atoms with van der Waals surface area (Å²) in [5.74, 6) is -1.28. The molecule has 0 fully saturated rings. The molecule has 0 aliphatic rings. The van der Waals surface area contributed by atoms with E-state index in [2.05, 4.69) is 4.74 Å². The number of nitro groups is 2. The van der Waals surface area contributed by atoms with Gasteiger partial charge < -0.3 is 10.1 Å². The van der Waals surface area contributed by atoms with E-state index in [0.29, 0.717) is 6.07 Å². The number of benzene rings is 2. The van der Waals surface area contributed by atoms with Gasteiger partial charge in [0, 0.05) is 12.1 Å². The van der Waals surface area contributed by atoms with Gasteiger partial charge in [-0.15, -0.1) is 0 Å². The number of rotatable bonds is 6. The zero-order valence-corrected chi connectivity index (χ0v) is 15.5. The fraction of sp³-hybridized carbons (Fsp3) is 0.200. The molecule has 0 spiro atoms. The fourth-order valence-corrected chi connectivity index (χ4v) is 2.42. The molecule has 0 radical (unpaired) electrons. The third-order valence-corrected chi connectivity index (χ3v) is 4.00. The van der Waals surface area contributed by atoms with Gasteiger partial charge in [0.25, 0.3) is 11.4 Å². The molecule has 0 aliphatic heterocycles. The van der Waals surface area contributed by atoms with Crippen LogP contribution in [0.15, 0.2) is 30.3 Å². The van der Waals surface area contributed by atoms with Gasteiger partial charge in [0.05, 0.1) is 21.1 Å². The first-order valence-corrected chi connectivity index (χ1v) is 8.06. The first kappa shape index (κ1) is 24.8. The number of ether oxygens (including phenoxy) is 1. The van der Waals surface area contributed by atoms with E-state index in [1.807, 2.05) is 5.32 Å². The minimum absolute atomic E-state index is 0.0403. The largest absolute Gasteiger partial charge is 0.499 e. The van der Waals surface area contributed by atoms with Gasteiger partial charge in [0.1, 0.15) is 10.8 Å². The SMILES string of the molecule is O=[N+]([O-])c1cc(C(F)(F)F)cc([N+](=O)[O-])c1Nc1cccc(OC(F)(F)C(F)(F)F)c1Cl. The number of nitrogens with zero attached hydrogens (tertiary/aromatic N) is 2. The van der Waals surface area contributed by atoms with Gasteiger partial charge in [-0.05, 0) is 12.1 Å². The standard InChI is InChI=1S/C15H6ClF8N3O5/c16-11-7(2-1-3-10(11)32-15(23,24)14(20,21)22)25-12-8(26(28)29)4-6(13(17,18)19)5-9(12)27(30)31/h1-5,25H. The number of hydrogen-bond acceptors (Lipinski definition) is 6. The minimum atomic E-state index is -6.15. The van der Waals surface area contributed by atoms with Crippen molar-refractivity contribution in [1.29, 1.82) is 0 Å². The van der Waals surface area contributed by atoms with E-state index in [-0.39, 0.29) is 12.1 Å². The zero-order valence-electron chi connectivity index (χ0n) is 14.7. The highest BCUT2D eigenvalue weighted by molar-refractivity contribution is 6.34. The van der Waals surface area contributed by atoms with Crippen LogP contribution in [-0.4, -0.2) is 22.1 Å². The maximum atomic E-state index is 13.1. The van der Waals surface area contributed by atoms with Crippen molar-refractivity contribution in [3.8, 4) is 5.75 Å². The molecule has 0 heterocycles. The molecule has 2 aromatic rings. The van der Waals surface area contributed by atoms with E-state index in [4.69, 9.17) is 11.6 Å². The average molecular weight is 496 g/mol. The fourth-order valence-electron chi connectivity index (χ4n) is 2.21. The summed E-state index contributed by atoms with van der Waals surface area (Å²) in [6.45, 7) is 0. The van der Waals surface area contributed by atoms with Crippen molar-refractivity contribution in [2.24, 2.45) is 0 Å². The normalized spacial score (nSPS) is 12.4. The molecule has 0 saturated heterocycles. The predicted molar refractivity (Wildman–Crippen MR) is 91.1 cm³/mol. The summed E-state index contributed by atoms with van der Waals surface area (Å²) in [4.78, 5) is 19.6. The Kier molecular flexibility index (Phi) is 6.40. The van der Waals surface area contributed by atoms with E-state index >= 15 is 0 Å². The molecule has 0 aliphatic carbocycles. The van der Waals surface area contributed by atoms with Gasteiger partial charge in [-0.2, -0.15) is 35.1 Å². The van der Waals surface area contributed by atoms with Gasteiger partial charge in [-0.3, -0.25) is 20.2 Å². The third-order valence-electron chi connectivity index (χ3n) is 3.61. The lowest BCUT2D eigenvalue weighted by atomic mass is 10.1. The highest BCUT2D eigenvalue weighted by Gasteiger charge is 2.61. The van der Waals surface area contributed by atoms with Crippen LogP contribution in [0.3, 0.4) is 0 Å². The summed E-state index contributed by atoms with van der Waals surface area (Å²) in [5.41, 5.74) is -6.50. The van der Waals surface area contributed by atoms with Gasteiger partial charge >= 0.3 is 18.5 Å². The molecule has 8 nitrogen and oxygen atoms in total. The van der Waals surface area contributed by atoms with Gasteiger partial charge in [-0.25, -0.2) is 0 Å². The van der Waals surface area contributed by atoms with Crippen LogP contribution < -0.4 is 10.1 Å². The van der Waals surface area contributed by atoms with Gasteiger partial charge in [0.2, 0.25) is 0 Å². The summed E-state index contributed by atoms with van der Waals surface area (Å²) < 4.78 is 106. The lowest BCUT2D eigenvalue weighted by Gasteiger charge is -2.21. The van der Waals surface area contributed by atoms with Crippen LogP contribution in [0.4, 0.5) is 57.9 Å². The molecule has 174 valence electrons. The number of anilines is 2. The predicted octanol–water partition coefficient (Wildman–Crippen LogP) is 6.45. The van der Waals surface area contributed by atoms with Crippen LogP contribution in [0.5, 0.6) is 5.75 Å². The maximum Gasteiger partial charge on any atom is 0.499 e. The third kappa shape index (κ3) is 5.06. The second-order valence-electron chi connectivity index (χ2n) is 5.76. The van der Waals surface area contributed by atoms with Crippen molar-refractivity contribution < 1.29 is 49.7 Å². The molecular weight excluding hydrogens is 490 g/mol. The van der Waals surface area contributed by atoms with E-state index in [1.54, 1.807) is 0 Å². The quantitative estimate of drug-likeness (QED) is 0.280. The van der Waals surface area contributed by atoms with Crippen molar-refractivity contribution >= 4 is 34.4 Å². The Hall–Kier alpha value is -3.43. The molecule has 32 heavy (non-hydrogen) atoms. The monoisotopic (exact) mass is 495 g/mol. The Balaban J connectivity index is 2.62. The highest BCUT2D eigenvalue weighted by Crippen LogP contribution is 2.45. The Morgan fingerprint density at radius 2 is 1.41 bits per heavy atom. The van der Waals surface area contributed by atoms with E-state index in [9.17, 15) is 55.4 Å². The van der Waals surface area contributed by atoms with Crippen molar-refractivity contribution in [3.63, 3.8) is 0 Å². The number of alkyl halides is 8. The smallest absolute Gasteiger partial charge is 0.424 e. The van der Waals surface area contributed by atoms with Crippen LogP contribution in [0.1, 0.15) is 5.56 Å². The van der Waals surface area contributed by atoms with Gasteiger partial charge in [-0.1, -0.05) is 17.7 Å². The summed E-state index contributed by atoms with van der Waals surface area (Å²) in [5, 5.41) is 23.3. The molecule has 0 amide bonds. The Labute approximate surface area is 175 Å². The van der Waals surface area contributed by atoms with Crippen molar-refractivity contribution in [2.75, 3.05) is 5.32 Å². The number of nitro benzene ring substituents is 2. The Morgan fingerprint density at radius 3 is 1.81 bits per heavy atom. The van der Waals surface area contributed by atoms with Crippen molar-refractivity contribution in [3.05, 3.63) is 61.1 Å². The summed E-state index contributed by atoms with van der Waals surface area (Å²) in [6, 6.07) is 2.11. The molecule has 0 saturated carbocycles. The van der Waals surface area contributed by atoms with Crippen LogP contribution in [0, 0.1) is 20.2 Å². The molecule has 2 aromatic carbocycles. The van der Waals surface area contributed by atoms with Gasteiger partial charge in [0.15, 0.2) is 5.69 Å². The highest BCUT2D eigenvalue weighted by atomic mass is 35.5. The van der Waals surface area contributed by atoms with Crippen LogP contribution in [-0.2, 0) is 6.18 Å². The molecule has 1 N–H and O–H groups in total. The summed E-state index contributed by atoms with van der Waals surface area (Å²) >= 11 is 5.67. The second kappa shape index (κ2) is 8.25. The zero-order chi connectivity index (χ0) is 24.6. The van der Waals surface area contributed by atoms with Crippen molar-refractivity contribution in [2.45, 2.75) is 18.5 Å². The van der Waals surface area contributed by atoms with E-state index in [1.165, 1.54) is 0 Å². The molecule has 0 unspecified atom stereocenters. The van der Waals surface area contributed by atoms with Crippen molar-refractivity contribution in [1.82, 2.24) is 0 Å². The average Bonchev–Trinajstić information content (AvgIpc) is 2.62. The topological polar surface area (TPSA) is 108 Å². The maximum absolute atomic E-state index is 13.1. The second-order valence-corrected chi connectivity index (χ2v) is 6.14. The Morgan fingerprint density at radius 1 is 0.906 bits per heavy atom. The number of nitrogens with one attached hydrogen (secondary N) is 1. The first-order valence-electron chi connectivity index (χ1n) is 7.69. The minimum Gasteiger partial charge on any atom is -0.424 e. The van der Waals surface area contributed by atoms with E-state index in [0.717, 1.165) is 12.1 Å². The first-order chi connectivity index (χ1) is 14.5. The molecule has 0 aromatic heterocycles. The molecule has 2 rings (SSSR count). The number of halogens is 9. The van der Waals surface area contributed by atoms with Crippen LogP contribution in [0.2, 0.25) is 5.02 Å². The summed E-state index contributed by atoms with van der Waals surface area (Å²) in [7, 11) is 0. The lowest BCUT2D eigenvalue weighted by Crippen LogP contribution is -2.41. The molecular formula is C15H6ClF8N3O5. The summed E-state index contributed by atoms with van der Waals surface area (Å²) in [6.07, 6.45) is -17.1. The Bertz CT molecular complexity index is 1040. The lowest BCUT2D eigenvalue weighted by molar-refractivity contribution is -0.392. The van der Waals surface area contributed by atoms with Crippen LogP contribution in [0.25, 0.3) is 0 Å².